The second kappa shape index (κ2) is 14.6. The van der Waals surface area contributed by atoms with E-state index in [0.717, 1.165) is 38.5 Å². The summed E-state index contributed by atoms with van der Waals surface area (Å²) >= 11 is 0. The van der Waals surface area contributed by atoms with Crippen molar-refractivity contribution < 1.29 is 13.2 Å². The van der Waals surface area contributed by atoms with Gasteiger partial charge in [-0.25, -0.2) is 0 Å². The third-order valence-corrected chi connectivity index (χ3v) is 7.71. The van der Waals surface area contributed by atoms with Gasteiger partial charge >= 0.3 is 6.18 Å². The zero-order chi connectivity index (χ0) is 18.4. The van der Waals surface area contributed by atoms with E-state index >= 15 is 0 Å². The molecule has 0 aliphatic rings. The molecule has 0 unspecified atom stereocenters. The van der Waals surface area contributed by atoms with Gasteiger partial charge in [0.2, 0.25) is 0 Å². The normalized spacial score (nSPS) is 13.9. The van der Waals surface area contributed by atoms with Gasteiger partial charge in [0, 0.05) is 10.5 Å². The van der Waals surface area contributed by atoms with Gasteiger partial charge in [0.15, 0.2) is 0 Å². The van der Waals surface area contributed by atoms with Crippen LogP contribution in [0.15, 0.2) is 0 Å². The van der Waals surface area contributed by atoms with Crippen LogP contribution in [0.4, 0.5) is 13.2 Å². The molecule has 0 N–H and O–H groups in total. The number of alkyl halides is 3. The fraction of sp³-hybridized carbons (Fsp3) is 1.00. The molecule has 0 heterocycles. The average Bonchev–Trinajstić information content (AvgIpc) is 2.49. The fourth-order valence-corrected chi connectivity index (χ4v) is 5.69. The minimum atomic E-state index is -4.06. The topological polar surface area (TPSA) is 0 Å². The molecular weight excluding hydrogens is 349 g/mol. The average molecular weight is 387 g/mol. The van der Waals surface area contributed by atoms with Crippen LogP contribution in [0.3, 0.4) is 0 Å². The van der Waals surface area contributed by atoms with Crippen molar-refractivity contribution in [3.8, 4) is 0 Å². The van der Waals surface area contributed by atoms with Crippen molar-refractivity contribution in [3.63, 3.8) is 0 Å². The van der Waals surface area contributed by atoms with E-state index in [0.29, 0.717) is 5.25 Å². The number of unbranched alkanes of at least 4 members (excludes halogenated alkanes) is 6. The molecule has 0 aromatic rings. The fourth-order valence-electron chi connectivity index (χ4n) is 2.87. The molecule has 0 saturated heterocycles. The van der Waals surface area contributed by atoms with Gasteiger partial charge in [0.25, 0.3) is 0 Å². The Morgan fingerprint density at radius 2 is 1.25 bits per heavy atom. The molecule has 0 bridgehead atoms. The minimum Gasteiger partial charge on any atom is -0.171 e. The molecule has 146 valence electrons. The van der Waals surface area contributed by atoms with E-state index in [4.69, 9.17) is 0 Å². The molecule has 0 saturated carbocycles. The summed E-state index contributed by atoms with van der Waals surface area (Å²) in [5.41, 5.74) is 0. The van der Waals surface area contributed by atoms with Crippen molar-refractivity contribution >= 4 is 21.6 Å². The molecule has 5 heteroatoms. The Bertz CT molecular complexity index is 268. The van der Waals surface area contributed by atoms with E-state index in [1.807, 2.05) is 0 Å². The molecule has 0 aliphatic carbocycles. The van der Waals surface area contributed by atoms with Crippen LogP contribution in [0.1, 0.15) is 98.3 Å². The lowest BCUT2D eigenvalue weighted by molar-refractivity contribution is -0.136. The third kappa shape index (κ3) is 14.8. The predicted octanol–water partition coefficient (Wildman–Crippen LogP) is 8.65. The van der Waals surface area contributed by atoms with Crippen molar-refractivity contribution in [2.75, 3.05) is 0 Å². The van der Waals surface area contributed by atoms with Crippen LogP contribution in [0.25, 0.3) is 0 Å². The van der Waals surface area contributed by atoms with Crippen molar-refractivity contribution in [3.05, 3.63) is 0 Å². The molecule has 0 nitrogen and oxygen atoms in total. The largest absolute Gasteiger partial charge is 0.390 e. The van der Waals surface area contributed by atoms with Crippen LogP contribution < -0.4 is 0 Å². The highest BCUT2D eigenvalue weighted by molar-refractivity contribution is 8.77. The molecule has 1 atom stereocenters. The van der Waals surface area contributed by atoms with Gasteiger partial charge in [-0.2, -0.15) is 13.2 Å². The van der Waals surface area contributed by atoms with E-state index in [1.165, 1.54) is 36.5 Å². The Morgan fingerprint density at radius 3 is 1.62 bits per heavy atom. The van der Waals surface area contributed by atoms with Crippen LogP contribution in [0.5, 0.6) is 0 Å². The quantitative estimate of drug-likeness (QED) is 0.204. The summed E-state index contributed by atoms with van der Waals surface area (Å²) in [6.07, 6.45) is 6.42. The van der Waals surface area contributed by atoms with Gasteiger partial charge in [-0.3, -0.25) is 0 Å². The molecule has 0 aromatic carbocycles. The van der Waals surface area contributed by atoms with E-state index in [9.17, 15) is 13.2 Å². The maximum atomic E-state index is 13.1. The lowest BCUT2D eigenvalue weighted by Crippen LogP contribution is -2.25. The third-order valence-electron chi connectivity index (χ3n) is 4.19. The van der Waals surface area contributed by atoms with E-state index in [2.05, 4.69) is 27.7 Å². The molecule has 0 amide bonds. The number of hydrogen-bond donors (Lipinski definition) is 0. The van der Waals surface area contributed by atoms with Crippen LogP contribution in [-0.4, -0.2) is 16.7 Å². The highest BCUT2D eigenvalue weighted by atomic mass is 33.1. The predicted molar refractivity (Wildman–Crippen MR) is 106 cm³/mol. The van der Waals surface area contributed by atoms with Gasteiger partial charge < -0.3 is 0 Å². The lowest BCUT2D eigenvalue weighted by Gasteiger charge is -2.28. The van der Waals surface area contributed by atoms with Gasteiger partial charge in [0.05, 0.1) is 6.42 Å². The molecule has 0 spiro atoms. The molecule has 0 aliphatic heterocycles. The molecule has 0 rings (SSSR count). The first kappa shape index (κ1) is 24.5. The zero-order valence-electron chi connectivity index (χ0n) is 16.0. The molecule has 0 radical (unpaired) electrons. The smallest absolute Gasteiger partial charge is 0.171 e. The Kier molecular flexibility index (Phi) is 14.9. The second-order valence-corrected chi connectivity index (χ2v) is 10.1. The highest BCUT2D eigenvalue weighted by Crippen LogP contribution is 2.43. The number of hydrogen-bond acceptors (Lipinski definition) is 2. The van der Waals surface area contributed by atoms with Crippen LogP contribution in [0, 0.1) is 5.92 Å². The summed E-state index contributed by atoms with van der Waals surface area (Å²) in [7, 11) is 3.10. The zero-order valence-corrected chi connectivity index (χ0v) is 17.6. The molecular formula is C19H37F3S2. The van der Waals surface area contributed by atoms with Gasteiger partial charge in [-0.15, -0.1) is 0 Å². The van der Waals surface area contributed by atoms with Crippen molar-refractivity contribution in [1.29, 1.82) is 0 Å². The standard InChI is InChI=1S/C19H37F3S2/c1-5-7-9-11-13-17(14-12-10-8-6-2)18(15-19(20,21)22)24-23-16(3)4/h16-18H,5-15H2,1-4H3/t18-/m0/s1. The van der Waals surface area contributed by atoms with E-state index in [1.54, 1.807) is 10.8 Å². The first-order valence-electron chi connectivity index (χ1n) is 9.69. The van der Waals surface area contributed by atoms with Crippen LogP contribution in [0.2, 0.25) is 0 Å². The summed E-state index contributed by atoms with van der Waals surface area (Å²) in [6, 6.07) is 0. The second-order valence-electron chi connectivity index (χ2n) is 7.06. The van der Waals surface area contributed by atoms with Gasteiger partial charge in [-0.05, 0) is 18.8 Å². The number of halogens is 3. The SMILES string of the molecule is CCCCCCC(CCCCCC)[C@H](CC(F)(F)F)SSC(C)C. The summed E-state index contributed by atoms with van der Waals surface area (Å²) in [5.74, 6) is 0.205. The lowest BCUT2D eigenvalue weighted by atomic mass is 9.90. The first-order chi connectivity index (χ1) is 11.3. The Balaban J connectivity index is 4.71. The van der Waals surface area contributed by atoms with Gasteiger partial charge in [0.1, 0.15) is 0 Å². The van der Waals surface area contributed by atoms with E-state index in [-0.39, 0.29) is 11.2 Å². The Hall–Kier alpha value is 0.490. The monoisotopic (exact) mass is 386 g/mol. The number of rotatable bonds is 15. The highest BCUT2D eigenvalue weighted by Gasteiger charge is 2.36. The first-order valence-corrected chi connectivity index (χ1v) is 12.0. The minimum absolute atomic E-state index is 0.205. The summed E-state index contributed by atoms with van der Waals surface area (Å²) in [6.45, 7) is 8.45. The van der Waals surface area contributed by atoms with Crippen LogP contribution in [-0.2, 0) is 0 Å². The van der Waals surface area contributed by atoms with Crippen molar-refractivity contribution in [2.24, 2.45) is 5.92 Å². The maximum absolute atomic E-state index is 13.1. The van der Waals surface area contributed by atoms with E-state index < -0.39 is 12.6 Å². The van der Waals surface area contributed by atoms with Crippen molar-refractivity contribution in [1.82, 2.24) is 0 Å². The maximum Gasteiger partial charge on any atom is 0.390 e. The van der Waals surface area contributed by atoms with Gasteiger partial charge in [-0.1, -0.05) is 101 Å². The molecule has 0 fully saturated rings. The summed E-state index contributed by atoms with van der Waals surface area (Å²) < 4.78 is 39.2. The Morgan fingerprint density at radius 1 is 0.750 bits per heavy atom. The summed E-state index contributed by atoms with van der Waals surface area (Å²) in [5, 5.41) is 0.0761. The Labute approximate surface area is 155 Å². The molecule has 0 aromatic heterocycles. The summed E-state index contributed by atoms with van der Waals surface area (Å²) in [4.78, 5) is 0. The van der Waals surface area contributed by atoms with Crippen molar-refractivity contribution in [2.45, 2.75) is 115 Å². The van der Waals surface area contributed by atoms with Crippen LogP contribution >= 0.6 is 21.6 Å². The molecule has 24 heavy (non-hydrogen) atoms.